The van der Waals surface area contributed by atoms with Crippen LogP contribution in [0.4, 0.5) is 5.95 Å². The first kappa shape index (κ1) is 10.3. The van der Waals surface area contributed by atoms with E-state index in [9.17, 15) is 0 Å². The predicted octanol–water partition coefficient (Wildman–Crippen LogP) is 2.71. The summed E-state index contributed by atoms with van der Waals surface area (Å²) in [4.78, 5) is 14.7. The maximum Gasteiger partial charge on any atom is 0.229 e. The van der Waals surface area contributed by atoms with E-state index in [1.807, 2.05) is 24.3 Å². The van der Waals surface area contributed by atoms with Crippen LogP contribution in [0.3, 0.4) is 0 Å². The van der Waals surface area contributed by atoms with Gasteiger partial charge in [-0.05, 0) is 25.5 Å². The summed E-state index contributed by atoms with van der Waals surface area (Å²) in [6, 6.07) is 8.03. The molecule has 2 heterocycles. The summed E-state index contributed by atoms with van der Waals surface area (Å²) in [6.07, 6.45) is 2.26. The van der Waals surface area contributed by atoms with E-state index in [2.05, 4.69) is 26.8 Å². The molecule has 1 aliphatic heterocycles. The van der Waals surface area contributed by atoms with Crippen LogP contribution >= 0.6 is 0 Å². The molecule has 0 atom stereocenters. The fourth-order valence-corrected chi connectivity index (χ4v) is 2.30. The van der Waals surface area contributed by atoms with Crippen LogP contribution in [0.15, 0.2) is 29.3 Å². The zero-order valence-electron chi connectivity index (χ0n) is 9.98. The van der Waals surface area contributed by atoms with Crippen LogP contribution < -0.4 is 0 Å². The fraction of sp³-hybridized carbons (Fsp3) is 0.385. The molecule has 1 aromatic heterocycles. The second-order valence-corrected chi connectivity index (χ2v) is 4.29. The maximum absolute atomic E-state index is 4.62. The minimum absolute atomic E-state index is 0.724. The zero-order valence-corrected chi connectivity index (χ0v) is 9.98. The number of hydrogen-bond donors (Lipinski definition) is 1. The molecule has 4 nitrogen and oxygen atoms in total. The Morgan fingerprint density at radius 2 is 2.29 bits per heavy atom. The number of fused-ring (bicyclic) bond motifs is 1. The Balaban J connectivity index is 1.96. The highest BCUT2D eigenvalue weighted by Crippen LogP contribution is 2.19. The van der Waals surface area contributed by atoms with E-state index in [-0.39, 0.29) is 0 Å². The molecule has 0 amide bonds. The lowest BCUT2D eigenvalue weighted by molar-refractivity contribution is 0.479. The molecule has 0 unspecified atom stereocenters. The molecule has 17 heavy (non-hydrogen) atoms. The lowest BCUT2D eigenvalue weighted by Crippen LogP contribution is -2.23. The quantitative estimate of drug-likeness (QED) is 0.858. The topological polar surface area (TPSA) is 44.3 Å². The number of hydrogen-bond acceptors (Lipinski definition) is 2. The summed E-state index contributed by atoms with van der Waals surface area (Å²) in [5, 5.41) is 0. The van der Waals surface area contributed by atoms with Gasteiger partial charge in [-0.15, -0.1) is 0 Å². The molecular weight excluding hydrogens is 212 g/mol. The Kier molecular flexibility index (Phi) is 2.55. The number of nitrogens with one attached hydrogen (secondary N) is 1. The third-order valence-electron chi connectivity index (χ3n) is 3.19. The number of rotatable bonds is 2. The summed E-state index contributed by atoms with van der Waals surface area (Å²) in [5.41, 5.74) is 2.03. The Bertz CT molecular complexity index is 522. The summed E-state index contributed by atoms with van der Waals surface area (Å²) in [5.74, 6) is 1.88. The van der Waals surface area contributed by atoms with Gasteiger partial charge in [-0.1, -0.05) is 12.1 Å². The molecule has 1 aromatic carbocycles. The molecule has 1 saturated heterocycles. The van der Waals surface area contributed by atoms with Gasteiger partial charge in [-0.2, -0.15) is 4.99 Å². The molecule has 0 spiro atoms. The van der Waals surface area contributed by atoms with E-state index in [0.717, 1.165) is 42.3 Å². The third kappa shape index (κ3) is 1.90. The van der Waals surface area contributed by atoms with Crippen molar-refractivity contribution in [3.05, 3.63) is 24.3 Å². The number of benzene rings is 1. The highest BCUT2D eigenvalue weighted by Gasteiger charge is 2.17. The van der Waals surface area contributed by atoms with Gasteiger partial charge in [-0.3, -0.25) is 0 Å². The molecule has 3 rings (SSSR count). The Morgan fingerprint density at radius 3 is 3.12 bits per heavy atom. The van der Waals surface area contributed by atoms with E-state index in [1.165, 1.54) is 6.42 Å². The lowest BCUT2D eigenvalue weighted by atomic mass is 10.3. The SMILES string of the molecule is CCN1CCC/C1=N\c1nc2ccccc2[nH]1. The third-order valence-corrected chi connectivity index (χ3v) is 3.19. The second-order valence-electron chi connectivity index (χ2n) is 4.29. The van der Waals surface area contributed by atoms with Gasteiger partial charge in [0, 0.05) is 19.5 Å². The monoisotopic (exact) mass is 228 g/mol. The van der Waals surface area contributed by atoms with Gasteiger partial charge in [0.25, 0.3) is 0 Å². The van der Waals surface area contributed by atoms with Crippen molar-refractivity contribution >= 4 is 22.8 Å². The van der Waals surface area contributed by atoms with Crippen molar-refractivity contribution in [3.8, 4) is 0 Å². The smallest absolute Gasteiger partial charge is 0.229 e. The molecule has 0 radical (unpaired) electrons. The summed E-state index contributed by atoms with van der Waals surface area (Å²) < 4.78 is 0. The van der Waals surface area contributed by atoms with E-state index < -0.39 is 0 Å². The lowest BCUT2D eigenvalue weighted by Gasteiger charge is -2.14. The van der Waals surface area contributed by atoms with Crippen molar-refractivity contribution in [2.24, 2.45) is 4.99 Å². The average molecular weight is 228 g/mol. The predicted molar refractivity (Wildman–Crippen MR) is 69.7 cm³/mol. The molecule has 88 valence electrons. The Hall–Kier alpha value is -1.84. The number of H-pyrrole nitrogens is 1. The zero-order chi connectivity index (χ0) is 11.7. The summed E-state index contributed by atoms with van der Waals surface area (Å²) in [7, 11) is 0. The summed E-state index contributed by atoms with van der Waals surface area (Å²) in [6.45, 7) is 4.31. The van der Waals surface area contributed by atoms with Crippen LogP contribution in [-0.2, 0) is 0 Å². The number of aromatic nitrogens is 2. The number of amidine groups is 1. The van der Waals surface area contributed by atoms with Crippen LogP contribution in [0.5, 0.6) is 0 Å². The van der Waals surface area contributed by atoms with E-state index in [0.29, 0.717) is 0 Å². The highest BCUT2D eigenvalue weighted by atomic mass is 15.2. The summed E-state index contributed by atoms with van der Waals surface area (Å²) >= 11 is 0. The van der Waals surface area contributed by atoms with E-state index >= 15 is 0 Å². The Morgan fingerprint density at radius 1 is 1.41 bits per heavy atom. The van der Waals surface area contributed by atoms with Crippen molar-refractivity contribution in [2.45, 2.75) is 19.8 Å². The molecule has 0 saturated carbocycles. The van der Waals surface area contributed by atoms with Gasteiger partial charge in [-0.25, -0.2) is 4.98 Å². The molecule has 4 heteroatoms. The van der Waals surface area contributed by atoms with Crippen molar-refractivity contribution in [2.75, 3.05) is 13.1 Å². The maximum atomic E-state index is 4.62. The van der Waals surface area contributed by atoms with Gasteiger partial charge in [0.2, 0.25) is 5.95 Å². The minimum Gasteiger partial charge on any atom is -0.360 e. The second kappa shape index (κ2) is 4.20. The van der Waals surface area contributed by atoms with Gasteiger partial charge >= 0.3 is 0 Å². The van der Waals surface area contributed by atoms with Gasteiger partial charge < -0.3 is 9.88 Å². The largest absolute Gasteiger partial charge is 0.360 e. The number of nitrogens with zero attached hydrogens (tertiary/aromatic N) is 3. The fourth-order valence-electron chi connectivity index (χ4n) is 2.30. The average Bonchev–Trinajstić information content (AvgIpc) is 2.94. The van der Waals surface area contributed by atoms with Gasteiger partial charge in [0.05, 0.1) is 11.0 Å². The Labute approximate surface area is 100 Å². The molecule has 0 aliphatic carbocycles. The molecule has 2 aromatic rings. The molecule has 0 bridgehead atoms. The van der Waals surface area contributed by atoms with E-state index in [4.69, 9.17) is 0 Å². The number of likely N-dealkylation sites (tertiary alicyclic amines) is 1. The number of aliphatic imine (C=N–C) groups is 1. The number of imidazole rings is 1. The standard InChI is InChI=1S/C13H16N4/c1-2-17-9-5-8-12(17)16-13-14-10-6-3-4-7-11(10)15-13/h3-4,6-7H,2,5,8-9H2,1H3,(H,14,15)/b16-12+. The van der Waals surface area contributed by atoms with Gasteiger partial charge in [0.15, 0.2) is 0 Å². The van der Waals surface area contributed by atoms with Crippen LogP contribution in [0.1, 0.15) is 19.8 Å². The normalized spacial score (nSPS) is 18.4. The van der Waals surface area contributed by atoms with Crippen molar-refractivity contribution < 1.29 is 0 Å². The van der Waals surface area contributed by atoms with Crippen molar-refractivity contribution in [3.63, 3.8) is 0 Å². The molecule has 1 N–H and O–H groups in total. The first-order valence-electron chi connectivity index (χ1n) is 6.14. The first-order valence-corrected chi connectivity index (χ1v) is 6.14. The van der Waals surface area contributed by atoms with Crippen molar-refractivity contribution in [1.29, 1.82) is 0 Å². The highest BCUT2D eigenvalue weighted by molar-refractivity contribution is 5.87. The first-order chi connectivity index (χ1) is 8.36. The molecule has 1 aliphatic rings. The van der Waals surface area contributed by atoms with Crippen LogP contribution in [0.2, 0.25) is 0 Å². The van der Waals surface area contributed by atoms with Crippen molar-refractivity contribution in [1.82, 2.24) is 14.9 Å². The minimum atomic E-state index is 0.724. The number of aromatic amines is 1. The van der Waals surface area contributed by atoms with Crippen LogP contribution in [0, 0.1) is 0 Å². The number of para-hydroxylation sites is 2. The van der Waals surface area contributed by atoms with E-state index in [1.54, 1.807) is 0 Å². The molecular formula is C13H16N4. The van der Waals surface area contributed by atoms with Crippen LogP contribution in [-0.4, -0.2) is 33.8 Å². The van der Waals surface area contributed by atoms with Crippen LogP contribution in [0.25, 0.3) is 11.0 Å². The molecule has 1 fully saturated rings. The van der Waals surface area contributed by atoms with Gasteiger partial charge in [0.1, 0.15) is 5.84 Å².